The Kier molecular flexibility index (Phi) is 4.31. The van der Waals surface area contributed by atoms with Gasteiger partial charge in [-0.05, 0) is 81.5 Å². The number of nitrogens with one attached hydrogen (secondary N) is 1. The van der Waals surface area contributed by atoms with Gasteiger partial charge in [0, 0.05) is 6.04 Å². The van der Waals surface area contributed by atoms with Gasteiger partial charge >= 0.3 is 5.97 Å². The van der Waals surface area contributed by atoms with Gasteiger partial charge in [-0.25, -0.2) is 0 Å². The number of rotatable bonds is 7. The molecule has 4 fully saturated rings. The van der Waals surface area contributed by atoms with E-state index in [0.717, 1.165) is 30.6 Å². The van der Waals surface area contributed by atoms with E-state index in [0.29, 0.717) is 11.5 Å². The third-order valence-electron chi connectivity index (χ3n) is 6.27. The van der Waals surface area contributed by atoms with E-state index in [1.165, 1.54) is 44.9 Å². The second-order valence-electron chi connectivity index (χ2n) is 8.37. The molecule has 2 N–H and O–H groups in total. The highest BCUT2D eigenvalue weighted by Gasteiger charge is 2.51. The molecule has 0 spiro atoms. The molecule has 4 aliphatic rings. The predicted octanol–water partition coefficient (Wildman–Crippen LogP) is 3.82. The molecule has 4 bridgehead atoms. The minimum absolute atomic E-state index is 0.328. The maximum atomic E-state index is 11.3. The summed E-state index contributed by atoms with van der Waals surface area (Å²) in [6.45, 7) is 4.26. The lowest BCUT2D eigenvalue weighted by molar-refractivity contribution is -0.140. The van der Waals surface area contributed by atoms with Gasteiger partial charge in [0.15, 0.2) is 0 Å². The average molecular weight is 293 g/mol. The molecule has 0 aromatic heterocycles. The minimum Gasteiger partial charge on any atom is -0.480 e. The Bertz CT molecular complexity index is 357. The largest absolute Gasteiger partial charge is 0.480 e. The topological polar surface area (TPSA) is 49.3 Å². The smallest absolute Gasteiger partial charge is 0.320 e. The first-order valence-corrected chi connectivity index (χ1v) is 8.98. The molecule has 0 amide bonds. The quantitative estimate of drug-likeness (QED) is 0.750. The van der Waals surface area contributed by atoms with E-state index in [1.54, 1.807) is 0 Å². The van der Waals surface area contributed by atoms with Gasteiger partial charge in [0.1, 0.15) is 6.04 Å². The van der Waals surface area contributed by atoms with Crippen LogP contribution in [0.15, 0.2) is 0 Å². The monoisotopic (exact) mass is 293 g/mol. The number of carboxylic acids is 1. The van der Waals surface area contributed by atoms with E-state index >= 15 is 0 Å². The number of carbonyl (C=O) groups is 1. The number of hydrogen-bond acceptors (Lipinski definition) is 2. The lowest BCUT2D eigenvalue weighted by atomic mass is 9.48. The zero-order valence-corrected chi connectivity index (χ0v) is 13.6. The maximum Gasteiger partial charge on any atom is 0.320 e. The Balaban J connectivity index is 1.59. The molecule has 2 unspecified atom stereocenters. The molecule has 0 saturated heterocycles. The first kappa shape index (κ1) is 15.3. The molecule has 4 rings (SSSR count). The maximum absolute atomic E-state index is 11.3. The molecule has 21 heavy (non-hydrogen) atoms. The Morgan fingerprint density at radius 3 is 2.14 bits per heavy atom. The Labute approximate surface area is 128 Å². The van der Waals surface area contributed by atoms with Crippen molar-refractivity contribution < 1.29 is 9.90 Å². The lowest BCUT2D eigenvalue weighted by Crippen LogP contribution is -2.50. The summed E-state index contributed by atoms with van der Waals surface area (Å²) in [6, 6.07) is -0.0344. The standard InChI is InChI=1S/C18H31NO2/c1-3-4-16(17(20)21)19-12(2)8-18-9-13-5-14(10-18)7-15(6-13)11-18/h12-16,19H,3-11H2,1-2H3,(H,20,21). The van der Waals surface area contributed by atoms with Gasteiger partial charge in [0.25, 0.3) is 0 Å². The summed E-state index contributed by atoms with van der Waals surface area (Å²) in [5.41, 5.74) is 0.538. The molecular formula is C18H31NO2. The van der Waals surface area contributed by atoms with Gasteiger partial charge in [0.2, 0.25) is 0 Å². The van der Waals surface area contributed by atoms with Gasteiger partial charge in [-0.15, -0.1) is 0 Å². The molecule has 0 aliphatic heterocycles. The van der Waals surface area contributed by atoms with E-state index in [2.05, 4.69) is 19.2 Å². The lowest BCUT2D eigenvalue weighted by Gasteiger charge is -2.57. The summed E-state index contributed by atoms with van der Waals surface area (Å²) in [6.07, 6.45) is 11.5. The van der Waals surface area contributed by atoms with Crippen molar-refractivity contribution in [1.82, 2.24) is 5.32 Å². The molecule has 0 aromatic carbocycles. The number of carboxylic acid groups (broad SMARTS) is 1. The highest BCUT2D eigenvalue weighted by Crippen LogP contribution is 2.61. The van der Waals surface area contributed by atoms with Crippen molar-refractivity contribution in [3.05, 3.63) is 0 Å². The van der Waals surface area contributed by atoms with Crippen LogP contribution in [0.25, 0.3) is 0 Å². The summed E-state index contributed by atoms with van der Waals surface area (Å²) in [4.78, 5) is 11.3. The molecule has 3 nitrogen and oxygen atoms in total. The average Bonchev–Trinajstić information content (AvgIpc) is 2.35. The van der Waals surface area contributed by atoms with E-state index in [4.69, 9.17) is 0 Å². The SMILES string of the molecule is CCCC(NC(C)CC12CC3CC(CC(C3)C1)C2)C(=O)O. The van der Waals surface area contributed by atoms with Gasteiger partial charge in [-0.3, -0.25) is 4.79 Å². The van der Waals surface area contributed by atoms with Crippen LogP contribution in [-0.2, 0) is 4.79 Å². The predicted molar refractivity (Wildman–Crippen MR) is 84.2 cm³/mol. The van der Waals surface area contributed by atoms with Crippen LogP contribution >= 0.6 is 0 Å². The highest BCUT2D eigenvalue weighted by atomic mass is 16.4. The van der Waals surface area contributed by atoms with Crippen molar-refractivity contribution in [2.75, 3.05) is 0 Å². The Morgan fingerprint density at radius 2 is 1.71 bits per heavy atom. The fraction of sp³-hybridized carbons (Fsp3) is 0.944. The summed E-state index contributed by atoms with van der Waals surface area (Å²) in [5, 5.41) is 12.7. The van der Waals surface area contributed by atoms with Crippen LogP contribution < -0.4 is 5.32 Å². The van der Waals surface area contributed by atoms with E-state index in [9.17, 15) is 9.90 Å². The van der Waals surface area contributed by atoms with Crippen molar-refractivity contribution in [2.45, 2.75) is 83.7 Å². The first-order valence-electron chi connectivity index (χ1n) is 8.98. The minimum atomic E-state index is -0.686. The fourth-order valence-electron chi connectivity index (χ4n) is 6.16. The van der Waals surface area contributed by atoms with Crippen molar-refractivity contribution >= 4 is 5.97 Å². The van der Waals surface area contributed by atoms with Gasteiger partial charge in [-0.2, -0.15) is 0 Å². The van der Waals surface area contributed by atoms with E-state index in [-0.39, 0.29) is 6.04 Å². The zero-order valence-electron chi connectivity index (χ0n) is 13.6. The molecule has 3 heteroatoms. The molecule has 0 heterocycles. The summed E-state index contributed by atoms with van der Waals surface area (Å²) >= 11 is 0. The normalized spacial score (nSPS) is 40.2. The zero-order chi connectivity index (χ0) is 15.0. The molecule has 0 radical (unpaired) electrons. The van der Waals surface area contributed by atoms with Crippen LogP contribution in [0.1, 0.15) is 71.6 Å². The van der Waals surface area contributed by atoms with Crippen LogP contribution in [0.5, 0.6) is 0 Å². The summed E-state index contributed by atoms with van der Waals surface area (Å²) in [5.74, 6) is 2.26. The van der Waals surface area contributed by atoms with Gasteiger partial charge < -0.3 is 10.4 Å². The second-order valence-corrected chi connectivity index (χ2v) is 8.37. The molecule has 2 atom stereocenters. The van der Waals surface area contributed by atoms with Crippen LogP contribution in [0.4, 0.5) is 0 Å². The van der Waals surface area contributed by atoms with Crippen LogP contribution in [-0.4, -0.2) is 23.2 Å². The third-order valence-corrected chi connectivity index (χ3v) is 6.27. The second kappa shape index (κ2) is 5.91. The molecule has 4 aliphatic carbocycles. The van der Waals surface area contributed by atoms with Crippen LogP contribution in [0, 0.1) is 23.2 Å². The Hall–Kier alpha value is -0.570. The Morgan fingerprint density at radius 1 is 1.19 bits per heavy atom. The highest BCUT2D eigenvalue weighted by molar-refractivity contribution is 5.73. The van der Waals surface area contributed by atoms with Crippen molar-refractivity contribution in [2.24, 2.45) is 23.2 Å². The van der Waals surface area contributed by atoms with E-state index in [1.807, 2.05) is 0 Å². The first-order chi connectivity index (χ1) is 9.99. The molecule has 120 valence electrons. The van der Waals surface area contributed by atoms with Crippen molar-refractivity contribution in [3.63, 3.8) is 0 Å². The fourth-order valence-corrected chi connectivity index (χ4v) is 6.16. The summed E-state index contributed by atoms with van der Waals surface area (Å²) in [7, 11) is 0. The molecular weight excluding hydrogens is 262 g/mol. The van der Waals surface area contributed by atoms with Crippen molar-refractivity contribution in [1.29, 1.82) is 0 Å². The number of hydrogen-bond donors (Lipinski definition) is 2. The van der Waals surface area contributed by atoms with Crippen LogP contribution in [0.3, 0.4) is 0 Å². The summed E-state index contributed by atoms with van der Waals surface area (Å²) < 4.78 is 0. The number of aliphatic carboxylic acids is 1. The third kappa shape index (κ3) is 3.28. The molecule has 0 aromatic rings. The van der Waals surface area contributed by atoms with Crippen LogP contribution in [0.2, 0.25) is 0 Å². The molecule has 4 saturated carbocycles. The van der Waals surface area contributed by atoms with E-state index < -0.39 is 5.97 Å². The van der Waals surface area contributed by atoms with Gasteiger partial charge in [0.05, 0.1) is 0 Å². The van der Waals surface area contributed by atoms with Gasteiger partial charge in [-0.1, -0.05) is 13.3 Å². The van der Waals surface area contributed by atoms with Crippen molar-refractivity contribution in [3.8, 4) is 0 Å².